The third-order valence-electron chi connectivity index (χ3n) is 4.24. The van der Waals surface area contributed by atoms with Gasteiger partial charge in [0.1, 0.15) is 0 Å². The molecule has 0 aromatic heterocycles. The van der Waals surface area contributed by atoms with Crippen LogP contribution in [0.5, 0.6) is 0 Å². The number of rotatable bonds is 10. The predicted octanol–water partition coefficient (Wildman–Crippen LogP) is 6.83. The minimum absolute atomic E-state index is 0.167. The van der Waals surface area contributed by atoms with Crippen LogP contribution in [0.3, 0.4) is 0 Å². The number of benzene rings is 2. The summed E-state index contributed by atoms with van der Waals surface area (Å²) in [4.78, 5) is 25.3. The van der Waals surface area contributed by atoms with Crippen molar-refractivity contribution < 1.29 is 9.59 Å². The van der Waals surface area contributed by atoms with Gasteiger partial charge in [-0.15, -0.1) is 0 Å². The maximum Gasteiger partial charge on any atom is 0.169 e. The molecule has 0 N–H and O–H groups in total. The molecule has 0 saturated carbocycles. The van der Waals surface area contributed by atoms with Gasteiger partial charge in [-0.25, -0.2) is 0 Å². The first kappa shape index (κ1) is 22.1. The molecule has 0 amide bonds. The first-order chi connectivity index (χ1) is 12.7. The van der Waals surface area contributed by atoms with E-state index in [2.05, 4.69) is 0 Å². The molecule has 0 aliphatic heterocycles. The van der Waals surface area contributed by atoms with Crippen LogP contribution in [0.2, 0.25) is 0 Å². The molecular weight excluding hydrogens is 392 g/mol. The Morgan fingerprint density at radius 3 is 1.33 bits per heavy atom. The fraction of sp³-hybridized carbons (Fsp3) is 0.364. The Balaban J connectivity index is 1.79. The van der Waals surface area contributed by atoms with Crippen LogP contribution in [0.15, 0.2) is 60.7 Å². The van der Waals surface area contributed by atoms with Gasteiger partial charge in [-0.05, 0) is 9.83 Å². The Morgan fingerprint density at radius 2 is 1.00 bits per heavy atom. The maximum absolute atomic E-state index is 12.7. The zero-order valence-electron chi connectivity index (χ0n) is 16.2. The summed E-state index contributed by atoms with van der Waals surface area (Å²) in [5.41, 5.74) is 0.676. The summed E-state index contributed by atoms with van der Waals surface area (Å²) in [7, 11) is 5.02. The van der Waals surface area contributed by atoms with Gasteiger partial charge in [0.05, 0.1) is 0 Å². The quantitative estimate of drug-likeness (QED) is 0.240. The van der Waals surface area contributed by atoms with Gasteiger partial charge in [-0.2, -0.15) is 0 Å². The molecule has 0 bridgehead atoms. The van der Waals surface area contributed by atoms with Crippen molar-refractivity contribution in [1.82, 2.24) is 0 Å². The lowest BCUT2D eigenvalue weighted by Gasteiger charge is -2.24. The van der Waals surface area contributed by atoms with E-state index >= 15 is 0 Å². The van der Waals surface area contributed by atoms with Gasteiger partial charge in [0.15, 0.2) is 11.6 Å². The van der Waals surface area contributed by atoms with Crippen molar-refractivity contribution >= 4 is 43.0 Å². The Kier molecular flexibility index (Phi) is 8.07. The van der Waals surface area contributed by atoms with Gasteiger partial charge in [0.2, 0.25) is 0 Å². The molecular formula is C22H26O2S3. The van der Waals surface area contributed by atoms with Crippen LogP contribution in [0.25, 0.3) is 0 Å². The highest BCUT2D eigenvalue weighted by molar-refractivity contribution is 9.09. The van der Waals surface area contributed by atoms with Gasteiger partial charge in [-0.3, -0.25) is 9.59 Å². The highest BCUT2D eigenvalue weighted by Crippen LogP contribution is 2.42. The fourth-order valence-electron chi connectivity index (χ4n) is 2.47. The summed E-state index contributed by atoms with van der Waals surface area (Å²) < 4.78 is 0. The molecule has 0 heterocycles. The van der Waals surface area contributed by atoms with E-state index in [1.165, 1.54) is 0 Å². The molecule has 0 unspecified atom stereocenters. The van der Waals surface area contributed by atoms with E-state index in [0.29, 0.717) is 0 Å². The first-order valence-corrected chi connectivity index (χ1v) is 12.7. The summed E-state index contributed by atoms with van der Waals surface area (Å²) in [5.74, 6) is 1.79. The average Bonchev–Trinajstić information content (AvgIpc) is 2.67. The first-order valence-electron chi connectivity index (χ1n) is 8.85. The molecule has 0 fully saturated rings. The van der Waals surface area contributed by atoms with Crippen LogP contribution in [-0.2, 0) is 0 Å². The molecule has 2 aromatic rings. The number of ketones is 2. The van der Waals surface area contributed by atoms with Gasteiger partial charge in [0, 0.05) is 33.5 Å². The number of hydrogen-bond donors (Lipinski definition) is 0. The molecule has 144 valence electrons. The van der Waals surface area contributed by atoms with Crippen LogP contribution < -0.4 is 0 Å². The molecule has 2 aromatic carbocycles. The van der Waals surface area contributed by atoms with Gasteiger partial charge >= 0.3 is 0 Å². The highest BCUT2D eigenvalue weighted by Gasteiger charge is 2.30. The Morgan fingerprint density at radius 1 is 0.667 bits per heavy atom. The highest BCUT2D eigenvalue weighted by atomic mass is 33.5. The van der Waals surface area contributed by atoms with Crippen LogP contribution in [0, 0.1) is 10.8 Å². The Hall–Kier alpha value is -1.17. The molecule has 0 saturated heterocycles. The third kappa shape index (κ3) is 6.44. The van der Waals surface area contributed by atoms with E-state index in [1.54, 1.807) is 31.4 Å². The number of hydrogen-bond acceptors (Lipinski definition) is 5. The number of carbonyl (C=O) groups excluding carboxylic acids is 2. The van der Waals surface area contributed by atoms with E-state index in [9.17, 15) is 9.59 Å². The minimum Gasteiger partial charge on any atom is -0.294 e. The molecule has 5 heteroatoms. The van der Waals surface area contributed by atoms with E-state index in [4.69, 9.17) is 0 Å². The largest absolute Gasteiger partial charge is 0.294 e. The van der Waals surface area contributed by atoms with Crippen molar-refractivity contribution in [1.29, 1.82) is 0 Å². The molecule has 0 aliphatic rings. The Bertz CT molecular complexity index is 690. The van der Waals surface area contributed by atoms with Gasteiger partial charge in [0.25, 0.3) is 0 Å². The zero-order chi connectivity index (χ0) is 19.9. The summed E-state index contributed by atoms with van der Waals surface area (Å²) in [6.45, 7) is 7.96. The lowest BCUT2D eigenvalue weighted by atomic mass is 9.86. The van der Waals surface area contributed by atoms with E-state index in [1.807, 2.05) is 88.4 Å². The molecule has 0 atom stereocenters. The normalized spacial score (nSPS) is 12.0. The summed E-state index contributed by atoms with van der Waals surface area (Å²) in [6, 6.07) is 18.9. The minimum atomic E-state index is -0.422. The zero-order valence-corrected chi connectivity index (χ0v) is 18.7. The topological polar surface area (TPSA) is 34.1 Å². The van der Waals surface area contributed by atoms with Crippen molar-refractivity contribution in [3.63, 3.8) is 0 Å². The standard InChI is InChI=1S/C22H26O2S3/c1-21(2,19(23)17-11-7-5-8-12-17)15-25-27-26-16-22(3,4)20(24)18-13-9-6-10-14-18/h5-14H,15-16H2,1-4H3. The molecule has 0 spiro atoms. The van der Waals surface area contributed by atoms with E-state index in [-0.39, 0.29) is 11.6 Å². The summed E-state index contributed by atoms with van der Waals surface area (Å²) >= 11 is 0. The van der Waals surface area contributed by atoms with Crippen molar-refractivity contribution in [3.8, 4) is 0 Å². The molecule has 2 rings (SSSR count). The molecule has 27 heavy (non-hydrogen) atoms. The lowest BCUT2D eigenvalue weighted by molar-refractivity contribution is 0.0857. The summed E-state index contributed by atoms with van der Waals surface area (Å²) in [5, 5.41) is 0. The van der Waals surface area contributed by atoms with Crippen molar-refractivity contribution in [3.05, 3.63) is 71.8 Å². The fourth-order valence-corrected chi connectivity index (χ4v) is 7.22. The average molecular weight is 419 g/mol. The second-order valence-corrected chi connectivity index (χ2v) is 12.0. The van der Waals surface area contributed by atoms with Crippen LogP contribution in [0.4, 0.5) is 0 Å². The SMILES string of the molecule is CC(C)(CSSSCC(C)(C)C(=O)c1ccccc1)C(=O)c1ccccc1. The third-order valence-corrected chi connectivity index (χ3v) is 9.13. The van der Waals surface area contributed by atoms with Crippen molar-refractivity contribution in [2.24, 2.45) is 10.8 Å². The van der Waals surface area contributed by atoms with Crippen LogP contribution >= 0.6 is 31.4 Å². The van der Waals surface area contributed by atoms with Crippen LogP contribution in [-0.4, -0.2) is 23.1 Å². The maximum atomic E-state index is 12.7. The molecule has 0 aliphatic carbocycles. The smallest absolute Gasteiger partial charge is 0.169 e. The van der Waals surface area contributed by atoms with Gasteiger partial charge in [-0.1, -0.05) is 110 Å². The van der Waals surface area contributed by atoms with Gasteiger partial charge < -0.3 is 0 Å². The number of carbonyl (C=O) groups is 2. The van der Waals surface area contributed by atoms with Crippen molar-refractivity contribution in [2.45, 2.75) is 27.7 Å². The van der Waals surface area contributed by atoms with Crippen molar-refractivity contribution in [2.75, 3.05) is 11.5 Å². The van der Waals surface area contributed by atoms with E-state index < -0.39 is 10.8 Å². The molecule has 0 radical (unpaired) electrons. The van der Waals surface area contributed by atoms with Crippen LogP contribution in [0.1, 0.15) is 48.4 Å². The second kappa shape index (κ2) is 9.85. The Labute approximate surface area is 174 Å². The predicted molar refractivity (Wildman–Crippen MR) is 122 cm³/mol. The number of Topliss-reactive ketones (excluding diaryl/α,β-unsaturated/α-hetero) is 2. The molecule has 2 nitrogen and oxygen atoms in total. The monoisotopic (exact) mass is 418 g/mol. The second-order valence-electron chi connectivity index (χ2n) is 7.75. The van der Waals surface area contributed by atoms with E-state index in [0.717, 1.165) is 22.6 Å². The lowest BCUT2D eigenvalue weighted by Crippen LogP contribution is -2.27. The summed E-state index contributed by atoms with van der Waals surface area (Å²) in [6.07, 6.45) is 0.